The summed E-state index contributed by atoms with van der Waals surface area (Å²) in [6.45, 7) is 0.0335. The lowest BCUT2D eigenvalue weighted by Gasteiger charge is -2.05. The third-order valence-electron chi connectivity index (χ3n) is 2.08. The first-order valence-electron chi connectivity index (χ1n) is 4.84. The highest BCUT2D eigenvalue weighted by atomic mass is 32.2. The Balaban J connectivity index is 2.33. The second kappa shape index (κ2) is 4.58. The molecule has 0 radical (unpaired) electrons. The summed E-state index contributed by atoms with van der Waals surface area (Å²) in [5.41, 5.74) is 5.31. The second-order valence-electron chi connectivity index (χ2n) is 3.34. The molecule has 2 heterocycles. The van der Waals surface area contributed by atoms with Crippen LogP contribution in [0.25, 0.3) is 0 Å². The van der Waals surface area contributed by atoms with E-state index in [9.17, 15) is 13.2 Å². The zero-order chi connectivity index (χ0) is 13.2. The molecule has 0 atom stereocenters. The van der Waals surface area contributed by atoms with Gasteiger partial charge in [-0.25, -0.2) is 5.10 Å². The summed E-state index contributed by atoms with van der Waals surface area (Å²) in [6.07, 6.45) is 1.33. The van der Waals surface area contributed by atoms with E-state index in [2.05, 4.69) is 25.1 Å². The van der Waals surface area contributed by atoms with Gasteiger partial charge < -0.3 is 5.73 Å². The minimum Gasteiger partial charge on any atom is -0.326 e. The van der Waals surface area contributed by atoms with Gasteiger partial charge in [-0.2, -0.15) is 18.6 Å². The van der Waals surface area contributed by atoms with Crippen LogP contribution < -0.4 is 16.0 Å². The molecule has 0 saturated heterocycles. The SMILES string of the molecule is NCc1cn[nH]c1S(=O)(=O)Nc1ccc(=O)[nH]n1. The van der Waals surface area contributed by atoms with Gasteiger partial charge in [-0.1, -0.05) is 0 Å². The van der Waals surface area contributed by atoms with Crippen molar-refractivity contribution in [3.05, 3.63) is 34.2 Å². The highest BCUT2D eigenvalue weighted by molar-refractivity contribution is 7.92. The molecule has 10 heteroatoms. The number of rotatable bonds is 4. The molecule has 0 amide bonds. The van der Waals surface area contributed by atoms with Gasteiger partial charge in [0.1, 0.15) is 0 Å². The van der Waals surface area contributed by atoms with Gasteiger partial charge in [-0.3, -0.25) is 14.6 Å². The van der Waals surface area contributed by atoms with Crippen molar-refractivity contribution in [2.45, 2.75) is 11.6 Å². The summed E-state index contributed by atoms with van der Waals surface area (Å²) >= 11 is 0. The average molecular weight is 270 g/mol. The number of nitrogens with zero attached hydrogens (tertiary/aromatic N) is 2. The maximum Gasteiger partial charge on any atom is 0.280 e. The first kappa shape index (κ1) is 12.3. The summed E-state index contributed by atoms with van der Waals surface area (Å²) in [7, 11) is -3.86. The molecule has 9 nitrogen and oxygen atoms in total. The van der Waals surface area contributed by atoms with Gasteiger partial charge in [0.25, 0.3) is 15.6 Å². The molecule has 0 fully saturated rings. The average Bonchev–Trinajstić information content (AvgIpc) is 2.81. The molecule has 0 aromatic carbocycles. The summed E-state index contributed by atoms with van der Waals surface area (Å²) < 4.78 is 26.1. The van der Waals surface area contributed by atoms with Crippen molar-refractivity contribution < 1.29 is 8.42 Å². The van der Waals surface area contributed by atoms with E-state index in [-0.39, 0.29) is 17.4 Å². The third-order valence-corrected chi connectivity index (χ3v) is 3.45. The number of hydrogen-bond donors (Lipinski definition) is 4. The standard InChI is InChI=1S/C8H10N6O3S/c9-3-5-4-10-13-8(5)18(16,17)14-6-1-2-7(15)12-11-6/h1-2,4H,3,9H2,(H,10,13)(H,11,14)(H,12,15). The molecular weight excluding hydrogens is 260 g/mol. The number of H-pyrrole nitrogens is 2. The monoisotopic (exact) mass is 270 g/mol. The minimum atomic E-state index is -3.86. The van der Waals surface area contributed by atoms with E-state index < -0.39 is 15.6 Å². The molecule has 0 saturated carbocycles. The van der Waals surface area contributed by atoms with Crippen molar-refractivity contribution in [3.63, 3.8) is 0 Å². The maximum atomic E-state index is 12.0. The predicted octanol–water partition coefficient (Wildman–Crippen LogP) is -1.25. The molecule has 5 N–H and O–H groups in total. The third kappa shape index (κ3) is 2.38. The van der Waals surface area contributed by atoms with Crippen molar-refractivity contribution >= 4 is 15.8 Å². The van der Waals surface area contributed by atoms with Crippen LogP contribution >= 0.6 is 0 Å². The first-order valence-corrected chi connectivity index (χ1v) is 6.32. The zero-order valence-corrected chi connectivity index (χ0v) is 9.86. The van der Waals surface area contributed by atoms with Gasteiger partial charge in [0.2, 0.25) is 0 Å². The molecule has 0 aliphatic heterocycles. The summed E-state index contributed by atoms with van der Waals surface area (Å²) in [4.78, 5) is 10.8. The summed E-state index contributed by atoms with van der Waals surface area (Å²) in [5.74, 6) is -0.00725. The fourth-order valence-electron chi connectivity index (χ4n) is 1.27. The minimum absolute atomic E-state index is 0.00725. The number of aromatic amines is 2. The Labute approximate surface area is 101 Å². The lowest BCUT2D eigenvalue weighted by atomic mass is 10.4. The van der Waals surface area contributed by atoms with Crippen molar-refractivity contribution in [3.8, 4) is 0 Å². The zero-order valence-electron chi connectivity index (χ0n) is 9.04. The topological polar surface area (TPSA) is 147 Å². The van der Waals surface area contributed by atoms with Gasteiger partial charge in [0, 0.05) is 18.2 Å². The van der Waals surface area contributed by atoms with Crippen LogP contribution in [-0.2, 0) is 16.6 Å². The van der Waals surface area contributed by atoms with Gasteiger partial charge in [0.05, 0.1) is 6.20 Å². The Morgan fingerprint density at radius 1 is 1.33 bits per heavy atom. The molecule has 96 valence electrons. The predicted molar refractivity (Wildman–Crippen MR) is 62.1 cm³/mol. The molecule has 2 aromatic rings. The molecular formula is C8H10N6O3S. The normalized spacial score (nSPS) is 11.4. The van der Waals surface area contributed by atoms with Crippen LogP contribution in [0.15, 0.2) is 28.2 Å². The van der Waals surface area contributed by atoms with E-state index in [0.717, 1.165) is 6.07 Å². The van der Waals surface area contributed by atoms with Crippen LogP contribution in [0.3, 0.4) is 0 Å². The molecule has 18 heavy (non-hydrogen) atoms. The summed E-state index contributed by atoms with van der Waals surface area (Å²) in [5, 5.41) is 11.5. The largest absolute Gasteiger partial charge is 0.326 e. The van der Waals surface area contributed by atoms with E-state index >= 15 is 0 Å². The Bertz CT molecular complexity index is 683. The van der Waals surface area contributed by atoms with Gasteiger partial charge in [0.15, 0.2) is 10.8 Å². The van der Waals surface area contributed by atoms with Crippen LogP contribution in [0, 0.1) is 0 Å². The number of aromatic nitrogens is 4. The van der Waals surface area contributed by atoms with Crippen LogP contribution in [0.4, 0.5) is 5.82 Å². The molecule has 2 rings (SSSR count). The van der Waals surface area contributed by atoms with Crippen LogP contribution in [0.5, 0.6) is 0 Å². The molecule has 2 aromatic heterocycles. The van der Waals surface area contributed by atoms with E-state index in [1.807, 2.05) is 0 Å². The quantitative estimate of drug-likeness (QED) is 0.546. The number of nitrogens with one attached hydrogen (secondary N) is 3. The number of hydrogen-bond acceptors (Lipinski definition) is 6. The fraction of sp³-hybridized carbons (Fsp3) is 0.125. The van der Waals surface area contributed by atoms with E-state index in [1.165, 1.54) is 12.3 Å². The molecule has 0 bridgehead atoms. The van der Waals surface area contributed by atoms with Gasteiger partial charge in [-0.05, 0) is 6.07 Å². The van der Waals surface area contributed by atoms with Crippen molar-refractivity contribution in [2.24, 2.45) is 5.73 Å². The Hall–Kier alpha value is -2.20. The smallest absolute Gasteiger partial charge is 0.280 e. The van der Waals surface area contributed by atoms with E-state index in [4.69, 9.17) is 5.73 Å². The lowest BCUT2D eigenvalue weighted by molar-refractivity contribution is 0.595. The van der Waals surface area contributed by atoms with Crippen molar-refractivity contribution in [1.29, 1.82) is 0 Å². The molecule has 0 aliphatic rings. The maximum absolute atomic E-state index is 12.0. The highest BCUT2D eigenvalue weighted by Crippen LogP contribution is 2.14. The molecule has 0 unspecified atom stereocenters. The van der Waals surface area contributed by atoms with Crippen molar-refractivity contribution in [1.82, 2.24) is 20.4 Å². The number of anilines is 1. The Morgan fingerprint density at radius 3 is 2.72 bits per heavy atom. The number of nitrogens with two attached hydrogens (primary N) is 1. The van der Waals surface area contributed by atoms with Crippen LogP contribution in [-0.4, -0.2) is 28.8 Å². The van der Waals surface area contributed by atoms with Crippen molar-refractivity contribution in [2.75, 3.05) is 4.72 Å². The molecule has 0 spiro atoms. The Morgan fingerprint density at radius 2 is 2.11 bits per heavy atom. The lowest BCUT2D eigenvalue weighted by Crippen LogP contribution is -2.18. The van der Waals surface area contributed by atoms with Gasteiger partial charge >= 0.3 is 0 Å². The first-order chi connectivity index (χ1) is 8.53. The van der Waals surface area contributed by atoms with Crippen LogP contribution in [0.2, 0.25) is 0 Å². The Kier molecular flexibility index (Phi) is 3.12. The summed E-state index contributed by atoms with van der Waals surface area (Å²) in [6, 6.07) is 2.40. The van der Waals surface area contributed by atoms with Crippen LogP contribution in [0.1, 0.15) is 5.56 Å². The van der Waals surface area contributed by atoms with Gasteiger partial charge in [-0.15, -0.1) is 0 Å². The fourth-order valence-corrected chi connectivity index (χ4v) is 2.41. The highest BCUT2D eigenvalue weighted by Gasteiger charge is 2.20. The number of sulfonamides is 1. The van der Waals surface area contributed by atoms with E-state index in [0.29, 0.717) is 5.56 Å². The second-order valence-corrected chi connectivity index (χ2v) is 4.96. The molecule has 0 aliphatic carbocycles. The van der Waals surface area contributed by atoms with E-state index in [1.54, 1.807) is 0 Å².